The second-order valence-electron chi connectivity index (χ2n) is 5.32. The normalized spacial score (nSPS) is 10.5. The summed E-state index contributed by atoms with van der Waals surface area (Å²) in [6.45, 7) is 1.53. The molecule has 0 unspecified atom stereocenters. The predicted octanol–water partition coefficient (Wildman–Crippen LogP) is 4.08. The number of carbonyl (C=O) groups excluding carboxylic acids is 2. The van der Waals surface area contributed by atoms with E-state index in [1.165, 1.54) is 19.1 Å². The van der Waals surface area contributed by atoms with Gasteiger partial charge < -0.3 is 10.6 Å². The highest BCUT2D eigenvalue weighted by Gasteiger charge is 2.29. The largest absolute Gasteiger partial charge is 0.416 e. The molecule has 0 saturated heterocycles. The summed E-state index contributed by atoms with van der Waals surface area (Å²) in [7, 11) is 0. The van der Waals surface area contributed by atoms with E-state index in [-0.39, 0.29) is 18.0 Å². The monoisotopic (exact) mass is 360 g/mol. The van der Waals surface area contributed by atoms with Gasteiger partial charge in [0.25, 0.3) is 0 Å². The Bertz CT molecular complexity index is 846. The van der Waals surface area contributed by atoms with Crippen LogP contribution in [-0.2, 0) is 6.18 Å². The fourth-order valence-electron chi connectivity index (χ4n) is 1.98. The van der Waals surface area contributed by atoms with E-state index in [1.54, 1.807) is 24.3 Å². The van der Waals surface area contributed by atoms with E-state index in [1.807, 2.05) is 0 Å². The van der Waals surface area contributed by atoms with Crippen LogP contribution < -0.4 is 10.6 Å². The first-order valence-electron chi connectivity index (χ1n) is 7.58. The molecule has 0 fully saturated rings. The lowest BCUT2D eigenvalue weighted by atomic mass is 10.1. The highest BCUT2D eigenvalue weighted by Crippen LogP contribution is 2.29. The first kappa shape index (κ1) is 19.1. The number of nitrogens with one attached hydrogen (secondary N) is 2. The average Bonchev–Trinajstić information content (AvgIpc) is 2.59. The predicted molar refractivity (Wildman–Crippen MR) is 91.8 cm³/mol. The number of urea groups is 1. The lowest BCUT2D eigenvalue weighted by Gasteiger charge is -2.08. The van der Waals surface area contributed by atoms with Crippen LogP contribution in [0, 0.1) is 11.8 Å². The van der Waals surface area contributed by atoms with Crippen molar-refractivity contribution in [1.82, 2.24) is 5.32 Å². The molecule has 2 rings (SSSR count). The van der Waals surface area contributed by atoms with Crippen LogP contribution in [-0.4, -0.2) is 18.4 Å². The summed E-state index contributed by atoms with van der Waals surface area (Å²) in [6.07, 6.45) is -4.42. The van der Waals surface area contributed by atoms with E-state index in [2.05, 4.69) is 22.5 Å². The second kappa shape index (κ2) is 8.21. The maximum atomic E-state index is 12.5. The number of carbonyl (C=O) groups is 2. The highest BCUT2D eigenvalue weighted by atomic mass is 19.4. The molecule has 0 radical (unpaired) electrons. The Kier molecular flexibility index (Phi) is 6.02. The van der Waals surface area contributed by atoms with Gasteiger partial charge in [-0.25, -0.2) is 4.79 Å². The number of hydrogen-bond donors (Lipinski definition) is 2. The molecule has 0 aliphatic heterocycles. The molecule has 0 bridgehead atoms. The molecule has 2 aromatic rings. The Labute approximate surface area is 148 Å². The van der Waals surface area contributed by atoms with Crippen LogP contribution in [0.3, 0.4) is 0 Å². The lowest BCUT2D eigenvalue weighted by molar-refractivity contribution is -0.137. The molecule has 0 saturated carbocycles. The van der Waals surface area contributed by atoms with Gasteiger partial charge in [-0.1, -0.05) is 24.0 Å². The summed E-state index contributed by atoms with van der Waals surface area (Å²) in [5.74, 6) is 5.53. The van der Waals surface area contributed by atoms with E-state index < -0.39 is 17.8 Å². The number of benzene rings is 2. The number of anilines is 1. The molecule has 0 aliphatic rings. The Hall–Kier alpha value is -3.27. The Morgan fingerprint density at radius 2 is 1.62 bits per heavy atom. The lowest BCUT2D eigenvalue weighted by Crippen LogP contribution is -2.28. The summed E-state index contributed by atoms with van der Waals surface area (Å²) >= 11 is 0. The third-order valence-corrected chi connectivity index (χ3v) is 3.33. The van der Waals surface area contributed by atoms with Crippen LogP contribution >= 0.6 is 0 Å². The van der Waals surface area contributed by atoms with Crippen LogP contribution in [0.4, 0.5) is 23.7 Å². The zero-order chi connectivity index (χ0) is 19.2. The molecule has 0 spiro atoms. The molecule has 0 aliphatic carbocycles. The third-order valence-electron chi connectivity index (χ3n) is 3.33. The minimum atomic E-state index is -4.42. The Morgan fingerprint density at radius 3 is 2.15 bits per heavy atom. The molecule has 2 N–H and O–H groups in total. The SMILES string of the molecule is CC(=O)c1ccc(C#CCNC(=O)Nc2ccc(C(F)(F)F)cc2)cc1. The van der Waals surface area contributed by atoms with Gasteiger partial charge in [0.15, 0.2) is 5.78 Å². The molecule has 0 heterocycles. The van der Waals surface area contributed by atoms with Crippen LogP contribution in [0.15, 0.2) is 48.5 Å². The minimum absolute atomic E-state index is 0.0360. The maximum Gasteiger partial charge on any atom is 0.416 e. The van der Waals surface area contributed by atoms with E-state index in [4.69, 9.17) is 0 Å². The van der Waals surface area contributed by atoms with Gasteiger partial charge in [0.05, 0.1) is 12.1 Å². The van der Waals surface area contributed by atoms with Gasteiger partial charge in [0.1, 0.15) is 0 Å². The second-order valence-corrected chi connectivity index (χ2v) is 5.32. The van der Waals surface area contributed by atoms with Gasteiger partial charge in [0, 0.05) is 16.8 Å². The number of rotatable bonds is 3. The van der Waals surface area contributed by atoms with E-state index in [0.717, 1.165) is 12.1 Å². The van der Waals surface area contributed by atoms with Crippen molar-refractivity contribution in [3.63, 3.8) is 0 Å². The molecular weight excluding hydrogens is 345 g/mol. The van der Waals surface area contributed by atoms with E-state index in [9.17, 15) is 22.8 Å². The van der Waals surface area contributed by atoms with Crippen molar-refractivity contribution in [3.8, 4) is 11.8 Å². The van der Waals surface area contributed by atoms with Gasteiger partial charge in [-0.05, 0) is 43.3 Å². The minimum Gasteiger partial charge on any atom is -0.327 e. The molecule has 26 heavy (non-hydrogen) atoms. The number of hydrogen-bond acceptors (Lipinski definition) is 2. The van der Waals surface area contributed by atoms with Crippen molar-refractivity contribution in [2.45, 2.75) is 13.1 Å². The van der Waals surface area contributed by atoms with Crippen molar-refractivity contribution in [2.24, 2.45) is 0 Å². The molecule has 2 amide bonds. The van der Waals surface area contributed by atoms with Crippen molar-refractivity contribution in [3.05, 3.63) is 65.2 Å². The molecule has 0 atom stereocenters. The zero-order valence-corrected chi connectivity index (χ0v) is 13.8. The summed E-state index contributed by atoms with van der Waals surface area (Å²) in [5, 5.41) is 4.89. The van der Waals surface area contributed by atoms with Crippen LogP contribution in [0.1, 0.15) is 28.4 Å². The van der Waals surface area contributed by atoms with Crippen LogP contribution in [0.2, 0.25) is 0 Å². The number of alkyl halides is 3. The molecule has 134 valence electrons. The first-order valence-corrected chi connectivity index (χ1v) is 7.58. The van der Waals surface area contributed by atoms with Gasteiger partial charge >= 0.3 is 12.2 Å². The molecule has 0 aromatic heterocycles. The topological polar surface area (TPSA) is 58.2 Å². The number of ketones is 1. The standard InChI is InChI=1S/C19H15F3N2O2/c1-13(25)15-6-4-14(5-7-15)3-2-12-23-18(26)24-17-10-8-16(9-11-17)19(20,21)22/h4-11H,12H2,1H3,(H2,23,24,26). The average molecular weight is 360 g/mol. The van der Waals surface area contributed by atoms with Gasteiger partial charge in [-0.15, -0.1) is 0 Å². The van der Waals surface area contributed by atoms with Crippen molar-refractivity contribution in [1.29, 1.82) is 0 Å². The number of Topliss-reactive ketones (excluding diaryl/α,β-unsaturated/α-hetero) is 1. The van der Waals surface area contributed by atoms with Crippen LogP contribution in [0.5, 0.6) is 0 Å². The van der Waals surface area contributed by atoms with Gasteiger partial charge in [-0.3, -0.25) is 4.79 Å². The maximum absolute atomic E-state index is 12.5. The van der Waals surface area contributed by atoms with Crippen molar-refractivity contribution >= 4 is 17.5 Å². The van der Waals surface area contributed by atoms with Crippen molar-refractivity contribution < 1.29 is 22.8 Å². The molecular formula is C19H15F3N2O2. The molecule has 2 aromatic carbocycles. The third kappa shape index (κ3) is 5.67. The molecule has 7 heteroatoms. The highest BCUT2D eigenvalue weighted by molar-refractivity contribution is 5.94. The van der Waals surface area contributed by atoms with Crippen LogP contribution in [0.25, 0.3) is 0 Å². The Balaban J connectivity index is 1.83. The number of halogens is 3. The molecule has 4 nitrogen and oxygen atoms in total. The van der Waals surface area contributed by atoms with E-state index >= 15 is 0 Å². The van der Waals surface area contributed by atoms with Crippen molar-refractivity contribution in [2.75, 3.05) is 11.9 Å². The quantitative estimate of drug-likeness (QED) is 0.640. The summed E-state index contributed by atoms with van der Waals surface area (Å²) < 4.78 is 37.4. The fraction of sp³-hybridized carbons (Fsp3) is 0.158. The summed E-state index contributed by atoms with van der Waals surface area (Å²) in [5.41, 5.74) is 0.734. The first-order chi connectivity index (χ1) is 12.3. The summed E-state index contributed by atoms with van der Waals surface area (Å²) in [4.78, 5) is 22.8. The fourth-order valence-corrected chi connectivity index (χ4v) is 1.98. The number of amides is 2. The summed E-state index contributed by atoms with van der Waals surface area (Å²) in [6, 6.07) is 10.3. The van der Waals surface area contributed by atoms with E-state index in [0.29, 0.717) is 11.1 Å². The zero-order valence-electron chi connectivity index (χ0n) is 13.8. The van der Waals surface area contributed by atoms with Gasteiger partial charge in [-0.2, -0.15) is 13.2 Å². The Morgan fingerprint density at radius 1 is 1.00 bits per heavy atom. The smallest absolute Gasteiger partial charge is 0.327 e. The van der Waals surface area contributed by atoms with Gasteiger partial charge in [0.2, 0.25) is 0 Å².